The molecule has 6 aromatic carbocycles. The van der Waals surface area contributed by atoms with Crippen molar-refractivity contribution < 1.29 is 38.4 Å². The summed E-state index contributed by atoms with van der Waals surface area (Å²) in [6, 6.07) is 46.9. The molecule has 0 aromatic heterocycles. The van der Waals surface area contributed by atoms with Crippen molar-refractivity contribution in [2.24, 2.45) is 0 Å². The molecule has 1 fully saturated rings. The quantitative estimate of drug-likeness (QED) is 0.0628. The van der Waals surface area contributed by atoms with Crippen molar-refractivity contribution in [2.45, 2.75) is 46.1 Å². The standard InChI is InChI=1S/C22H28N2O2.C16H16O3.C13H10O3/c1-18-7-5-10-21(15-18)26-14-11-23-17-19-8-6-9-20(16-19)22(25)24-12-3-2-4-13-24;1-2-11-18-14-9-6-10-15(12-14)19-16(17)13-7-4-3-5-8-13;14-11-7-4-8-12(9-11)16-13(15)10-5-2-1-3-6-10/h5-10,15-16,23H,2-4,11-14,17H2,1H3;3-10,12H,2,11H2,1H3;1-9,14H. The molecular weight excluding hydrogens is 769 g/mol. The van der Waals surface area contributed by atoms with Gasteiger partial charge in [-0.05, 0) is 117 Å². The molecule has 1 aliphatic heterocycles. The highest BCUT2D eigenvalue weighted by atomic mass is 16.5. The second-order valence-electron chi connectivity index (χ2n) is 14.2. The largest absolute Gasteiger partial charge is 0.508 e. The smallest absolute Gasteiger partial charge is 0.343 e. The molecule has 1 amide bonds. The van der Waals surface area contributed by atoms with Gasteiger partial charge in [-0.15, -0.1) is 0 Å². The van der Waals surface area contributed by atoms with E-state index in [9.17, 15) is 19.5 Å². The third-order valence-corrected chi connectivity index (χ3v) is 9.22. The number of esters is 2. The third-order valence-electron chi connectivity index (χ3n) is 9.22. The third kappa shape index (κ3) is 16.0. The van der Waals surface area contributed by atoms with Gasteiger partial charge in [-0.25, -0.2) is 9.59 Å². The molecule has 1 saturated heterocycles. The molecule has 1 aliphatic rings. The molecule has 10 nitrogen and oxygen atoms in total. The number of aryl methyl sites for hydroxylation is 1. The van der Waals surface area contributed by atoms with Gasteiger partial charge in [0.05, 0.1) is 17.7 Å². The summed E-state index contributed by atoms with van der Waals surface area (Å²) < 4.78 is 21.6. The SMILES string of the molecule is CCCOc1cccc(OC(=O)c2ccccc2)c1.Cc1cccc(OCCNCc2cccc(C(=O)N3CCCCC3)c2)c1.O=C(Oc1cccc(O)c1)c1ccccc1. The second-order valence-corrected chi connectivity index (χ2v) is 14.2. The van der Waals surface area contributed by atoms with Gasteiger partial charge in [-0.1, -0.05) is 79.7 Å². The van der Waals surface area contributed by atoms with Crippen LogP contribution in [0.2, 0.25) is 0 Å². The van der Waals surface area contributed by atoms with Gasteiger partial charge in [0, 0.05) is 43.9 Å². The number of rotatable bonds is 14. The van der Waals surface area contributed by atoms with E-state index in [4.69, 9.17) is 18.9 Å². The Hall–Kier alpha value is -6.91. The Morgan fingerprint density at radius 1 is 0.574 bits per heavy atom. The van der Waals surface area contributed by atoms with E-state index in [0.29, 0.717) is 41.6 Å². The van der Waals surface area contributed by atoms with Crippen LogP contribution in [0.5, 0.6) is 28.7 Å². The van der Waals surface area contributed by atoms with E-state index in [-0.39, 0.29) is 17.6 Å². The number of phenolic OH excluding ortho intramolecular Hbond substituents is 1. The van der Waals surface area contributed by atoms with Crippen molar-refractivity contribution in [1.82, 2.24) is 10.2 Å². The zero-order valence-electron chi connectivity index (χ0n) is 34.8. The van der Waals surface area contributed by atoms with Crippen molar-refractivity contribution >= 4 is 17.8 Å². The van der Waals surface area contributed by atoms with Gasteiger partial charge < -0.3 is 34.3 Å². The molecule has 6 aromatic rings. The number of benzene rings is 6. The van der Waals surface area contributed by atoms with Crippen molar-refractivity contribution in [2.75, 3.05) is 32.8 Å². The number of hydrogen-bond acceptors (Lipinski definition) is 9. The first kappa shape index (κ1) is 45.2. The maximum atomic E-state index is 12.6. The van der Waals surface area contributed by atoms with E-state index in [1.807, 2.05) is 66.4 Å². The summed E-state index contributed by atoms with van der Waals surface area (Å²) in [5.41, 5.74) is 4.13. The van der Waals surface area contributed by atoms with Crippen LogP contribution >= 0.6 is 0 Å². The Bertz CT molecular complexity index is 2260. The molecule has 0 aliphatic carbocycles. The lowest BCUT2D eigenvalue weighted by atomic mass is 10.1. The number of nitrogens with one attached hydrogen (secondary N) is 1. The van der Waals surface area contributed by atoms with Crippen molar-refractivity contribution in [3.63, 3.8) is 0 Å². The lowest BCUT2D eigenvalue weighted by Crippen LogP contribution is -2.35. The normalized spacial score (nSPS) is 11.7. The summed E-state index contributed by atoms with van der Waals surface area (Å²) in [6.45, 7) is 8.64. The summed E-state index contributed by atoms with van der Waals surface area (Å²) >= 11 is 0. The van der Waals surface area contributed by atoms with Gasteiger partial charge in [0.2, 0.25) is 0 Å². The number of nitrogens with zero attached hydrogens (tertiary/aromatic N) is 1. The van der Waals surface area contributed by atoms with E-state index < -0.39 is 5.97 Å². The summed E-state index contributed by atoms with van der Waals surface area (Å²) in [5, 5.41) is 12.6. The van der Waals surface area contributed by atoms with Gasteiger partial charge >= 0.3 is 11.9 Å². The van der Waals surface area contributed by atoms with Gasteiger partial charge in [0.15, 0.2) is 0 Å². The highest BCUT2D eigenvalue weighted by molar-refractivity contribution is 5.94. The Morgan fingerprint density at radius 3 is 1.74 bits per heavy atom. The van der Waals surface area contributed by atoms with Crippen LogP contribution in [0.3, 0.4) is 0 Å². The van der Waals surface area contributed by atoms with Crippen molar-refractivity contribution in [3.05, 3.63) is 186 Å². The highest BCUT2D eigenvalue weighted by Gasteiger charge is 2.18. The van der Waals surface area contributed by atoms with Gasteiger partial charge in [0.25, 0.3) is 5.91 Å². The first-order chi connectivity index (χ1) is 29.8. The summed E-state index contributed by atoms with van der Waals surface area (Å²) in [4.78, 5) is 38.1. The Labute approximate surface area is 358 Å². The molecule has 2 N–H and O–H groups in total. The number of amides is 1. The zero-order chi connectivity index (χ0) is 43.1. The summed E-state index contributed by atoms with van der Waals surface area (Å²) in [7, 11) is 0. The molecule has 316 valence electrons. The highest BCUT2D eigenvalue weighted by Crippen LogP contribution is 2.21. The van der Waals surface area contributed by atoms with Crippen molar-refractivity contribution in [3.8, 4) is 28.7 Å². The molecule has 7 rings (SSSR count). The van der Waals surface area contributed by atoms with Crippen LogP contribution in [0.1, 0.15) is 74.8 Å². The fraction of sp³-hybridized carbons (Fsp3) is 0.235. The molecule has 1 heterocycles. The second kappa shape index (κ2) is 24.9. The average molecular weight is 823 g/mol. The molecule has 61 heavy (non-hydrogen) atoms. The number of aromatic hydroxyl groups is 1. The zero-order valence-corrected chi connectivity index (χ0v) is 34.8. The molecule has 0 bridgehead atoms. The molecule has 0 saturated carbocycles. The van der Waals surface area contributed by atoms with Gasteiger partial charge in [-0.3, -0.25) is 4.79 Å². The molecular formula is C51H54N2O8. The maximum Gasteiger partial charge on any atom is 0.343 e. The lowest BCUT2D eigenvalue weighted by Gasteiger charge is -2.26. The minimum Gasteiger partial charge on any atom is -0.508 e. The minimum absolute atomic E-state index is 0.0679. The number of carbonyl (C=O) groups excluding carboxylic acids is 3. The maximum absolute atomic E-state index is 12.6. The Morgan fingerprint density at radius 2 is 1.11 bits per heavy atom. The number of carbonyl (C=O) groups is 3. The van der Waals surface area contributed by atoms with Crippen LogP contribution < -0.4 is 24.3 Å². The topological polar surface area (TPSA) is 124 Å². The number of piperidine rings is 1. The Kier molecular flexibility index (Phi) is 18.4. The summed E-state index contributed by atoms with van der Waals surface area (Å²) in [6.07, 6.45) is 4.41. The average Bonchev–Trinajstić information content (AvgIpc) is 3.29. The van der Waals surface area contributed by atoms with E-state index >= 15 is 0 Å². The van der Waals surface area contributed by atoms with Gasteiger partial charge in [-0.2, -0.15) is 0 Å². The summed E-state index contributed by atoms with van der Waals surface area (Å²) in [5.74, 6) is 1.85. The fourth-order valence-electron chi connectivity index (χ4n) is 6.15. The number of hydrogen-bond donors (Lipinski definition) is 2. The molecule has 0 atom stereocenters. The van der Waals surface area contributed by atoms with Crippen LogP contribution in [-0.4, -0.2) is 60.7 Å². The van der Waals surface area contributed by atoms with E-state index in [0.717, 1.165) is 62.3 Å². The minimum atomic E-state index is -0.439. The van der Waals surface area contributed by atoms with Gasteiger partial charge in [0.1, 0.15) is 35.4 Å². The van der Waals surface area contributed by atoms with Crippen molar-refractivity contribution in [1.29, 1.82) is 0 Å². The predicted molar refractivity (Wildman–Crippen MR) is 238 cm³/mol. The van der Waals surface area contributed by atoms with Crippen LogP contribution in [0.25, 0.3) is 0 Å². The van der Waals surface area contributed by atoms with Crippen LogP contribution in [-0.2, 0) is 6.54 Å². The monoisotopic (exact) mass is 822 g/mol. The molecule has 10 heteroatoms. The fourth-order valence-corrected chi connectivity index (χ4v) is 6.15. The number of phenols is 1. The van der Waals surface area contributed by atoms with E-state index in [2.05, 4.69) is 24.4 Å². The first-order valence-electron chi connectivity index (χ1n) is 20.6. The van der Waals surface area contributed by atoms with Crippen LogP contribution in [0, 0.1) is 6.92 Å². The molecule has 0 unspecified atom stereocenters. The number of likely N-dealkylation sites (tertiary alicyclic amines) is 1. The lowest BCUT2D eigenvalue weighted by molar-refractivity contribution is 0.0718. The number of ether oxygens (including phenoxy) is 4. The Balaban J connectivity index is 0.000000179. The predicted octanol–water partition coefficient (Wildman–Crippen LogP) is 10.1. The van der Waals surface area contributed by atoms with E-state index in [1.165, 1.54) is 24.1 Å². The molecule has 0 spiro atoms. The van der Waals surface area contributed by atoms with Crippen LogP contribution in [0.4, 0.5) is 0 Å². The first-order valence-corrected chi connectivity index (χ1v) is 20.6. The van der Waals surface area contributed by atoms with E-state index in [1.54, 1.807) is 78.9 Å². The molecule has 0 radical (unpaired) electrons. The van der Waals surface area contributed by atoms with Crippen LogP contribution in [0.15, 0.2) is 158 Å².